The molecule has 0 aliphatic rings. The zero-order valence-electron chi connectivity index (χ0n) is 28.2. The van der Waals surface area contributed by atoms with Crippen LogP contribution in [0.5, 0.6) is 0 Å². The van der Waals surface area contributed by atoms with Crippen molar-refractivity contribution in [2.45, 2.75) is 109 Å². The molecule has 2 amide bonds. The van der Waals surface area contributed by atoms with E-state index in [0.29, 0.717) is 31.6 Å². The Morgan fingerprint density at radius 3 is 2.27 bits per heavy atom. The number of esters is 2. The highest BCUT2D eigenvalue weighted by Gasteiger charge is 2.27. The van der Waals surface area contributed by atoms with Crippen LogP contribution < -0.4 is 11.1 Å². The van der Waals surface area contributed by atoms with Crippen LogP contribution >= 0.6 is 0 Å². The second kappa shape index (κ2) is 22.3. The summed E-state index contributed by atoms with van der Waals surface area (Å²) in [7, 11) is 0. The third-order valence-electron chi connectivity index (χ3n) is 7.96. The number of nitrogens with zero attached hydrogens (tertiary/aromatic N) is 1. The van der Waals surface area contributed by atoms with Crippen LogP contribution in [0.2, 0.25) is 0 Å². The maximum atomic E-state index is 13.4. The van der Waals surface area contributed by atoms with E-state index in [1.54, 1.807) is 18.2 Å². The van der Waals surface area contributed by atoms with Crippen LogP contribution in [0.4, 0.5) is 0 Å². The van der Waals surface area contributed by atoms with Crippen LogP contribution in [-0.4, -0.2) is 54.1 Å². The van der Waals surface area contributed by atoms with Crippen molar-refractivity contribution in [2.75, 3.05) is 13.2 Å². The number of nitrogens with two attached hydrogens (primary N) is 1. The molecule has 0 radical (unpaired) electrons. The van der Waals surface area contributed by atoms with E-state index in [-0.39, 0.29) is 38.0 Å². The second-order valence-electron chi connectivity index (χ2n) is 12.1. The van der Waals surface area contributed by atoms with Gasteiger partial charge in [0.15, 0.2) is 0 Å². The van der Waals surface area contributed by atoms with Crippen molar-refractivity contribution in [2.24, 2.45) is 5.73 Å². The molecule has 1 heterocycles. The molecule has 2 atom stereocenters. The minimum atomic E-state index is -1.09. The fourth-order valence-corrected chi connectivity index (χ4v) is 5.28. The number of rotatable bonds is 24. The molecule has 0 aliphatic heterocycles. The summed E-state index contributed by atoms with van der Waals surface area (Å²) in [6.07, 6.45) is 8.85. The van der Waals surface area contributed by atoms with Crippen LogP contribution in [-0.2, 0) is 35.2 Å². The summed E-state index contributed by atoms with van der Waals surface area (Å²) in [5.74, 6) is -2.29. The molecular formula is C38H51N3O7. The van der Waals surface area contributed by atoms with Crippen LogP contribution in [0.3, 0.4) is 0 Å². The fourth-order valence-electron chi connectivity index (χ4n) is 5.28. The first-order valence-corrected chi connectivity index (χ1v) is 17.3. The number of amides is 2. The van der Waals surface area contributed by atoms with E-state index in [9.17, 15) is 19.2 Å². The Labute approximate surface area is 284 Å². The van der Waals surface area contributed by atoms with Crippen LogP contribution in [0.15, 0.2) is 66.7 Å². The van der Waals surface area contributed by atoms with Crippen LogP contribution in [0.1, 0.15) is 106 Å². The topological polar surface area (TPSA) is 147 Å². The van der Waals surface area contributed by atoms with E-state index in [1.165, 1.54) is 32.1 Å². The van der Waals surface area contributed by atoms with Gasteiger partial charge >= 0.3 is 11.9 Å². The van der Waals surface area contributed by atoms with Crippen molar-refractivity contribution in [1.82, 2.24) is 10.3 Å². The molecule has 3 rings (SSSR count). The number of primary amides is 1. The highest BCUT2D eigenvalue weighted by molar-refractivity contribution is 5.97. The molecule has 0 fully saturated rings. The minimum Gasteiger partial charge on any atom is -0.461 e. The summed E-state index contributed by atoms with van der Waals surface area (Å²) in [5.41, 5.74) is 7.12. The number of unbranched alkanes of at least 4 members (excludes halogenated alkanes) is 6. The molecule has 0 bridgehead atoms. The Hall–Kier alpha value is -4.31. The summed E-state index contributed by atoms with van der Waals surface area (Å²) < 4.78 is 16.9. The first kappa shape index (κ1) is 38.1. The third kappa shape index (κ3) is 15.1. The van der Waals surface area contributed by atoms with Gasteiger partial charge in [0.05, 0.1) is 11.9 Å². The molecule has 260 valence electrons. The molecule has 10 heteroatoms. The van der Waals surface area contributed by atoms with E-state index < -0.39 is 35.9 Å². The van der Waals surface area contributed by atoms with Crippen molar-refractivity contribution >= 4 is 34.7 Å². The van der Waals surface area contributed by atoms with Gasteiger partial charge in [0.25, 0.3) is 5.91 Å². The number of nitrogens with one attached hydrogen (secondary N) is 1. The Bertz CT molecular complexity index is 1420. The lowest BCUT2D eigenvalue weighted by Gasteiger charge is -2.22. The molecule has 0 unspecified atom stereocenters. The summed E-state index contributed by atoms with van der Waals surface area (Å²) in [5, 5.41) is 3.61. The summed E-state index contributed by atoms with van der Waals surface area (Å²) >= 11 is 0. The van der Waals surface area contributed by atoms with Gasteiger partial charge in [-0.1, -0.05) is 100 Å². The molecule has 2 aromatic carbocycles. The lowest BCUT2D eigenvalue weighted by molar-refractivity contribution is -0.153. The zero-order valence-corrected chi connectivity index (χ0v) is 28.2. The Morgan fingerprint density at radius 1 is 0.792 bits per heavy atom. The van der Waals surface area contributed by atoms with Crippen molar-refractivity contribution < 1.29 is 33.4 Å². The van der Waals surface area contributed by atoms with E-state index >= 15 is 0 Å². The average Bonchev–Trinajstić information content (AvgIpc) is 3.09. The lowest BCUT2D eigenvalue weighted by Crippen LogP contribution is -2.43. The van der Waals surface area contributed by atoms with Crippen molar-refractivity contribution in [3.8, 4) is 0 Å². The fraction of sp³-hybridized carbons (Fsp3) is 0.500. The largest absolute Gasteiger partial charge is 0.461 e. The molecule has 0 aliphatic carbocycles. The Kier molecular flexibility index (Phi) is 17.7. The number of aromatic nitrogens is 1. The predicted octanol–water partition coefficient (Wildman–Crippen LogP) is 6.58. The molecule has 10 nitrogen and oxygen atoms in total. The van der Waals surface area contributed by atoms with Gasteiger partial charge in [0, 0.05) is 25.0 Å². The van der Waals surface area contributed by atoms with Gasteiger partial charge < -0.3 is 25.3 Å². The highest BCUT2D eigenvalue weighted by Crippen LogP contribution is 2.15. The monoisotopic (exact) mass is 661 g/mol. The van der Waals surface area contributed by atoms with Gasteiger partial charge in [-0.2, -0.15) is 0 Å². The minimum absolute atomic E-state index is 0.0432. The SMILES string of the molecule is CCCCCCCCCOCCC[C@@H](CC(N)=O)OC(=O)[C@H](CCCC(=O)OCc1ccccc1)NC(=O)c1ccc2ccccc2n1. The van der Waals surface area contributed by atoms with Gasteiger partial charge in [0.2, 0.25) is 5.91 Å². The standard InChI is InChI=1S/C38H51N3O7/c1-2-3-4-5-6-7-13-25-46-26-15-19-31(27-35(39)42)48-38(45)34(21-14-22-36(43)47-28-29-16-9-8-10-17-29)41-37(44)33-24-23-30-18-11-12-20-32(30)40-33/h8-12,16-18,20,23-24,31,34H,2-7,13-15,19,21-22,25-28H2,1H3,(H2,39,42)(H,41,44)/t31-,34-/m0/s1. The zero-order chi connectivity index (χ0) is 34.4. The van der Waals surface area contributed by atoms with E-state index in [4.69, 9.17) is 19.9 Å². The number of pyridine rings is 1. The lowest BCUT2D eigenvalue weighted by atomic mass is 10.1. The molecule has 3 N–H and O–H groups in total. The van der Waals surface area contributed by atoms with Gasteiger partial charge in [-0.25, -0.2) is 9.78 Å². The predicted molar refractivity (Wildman–Crippen MR) is 185 cm³/mol. The quantitative estimate of drug-likeness (QED) is 0.0808. The number of hydrogen-bond donors (Lipinski definition) is 2. The maximum Gasteiger partial charge on any atom is 0.328 e. The van der Waals surface area contributed by atoms with Gasteiger partial charge in [-0.05, 0) is 49.8 Å². The van der Waals surface area contributed by atoms with Crippen LogP contribution in [0, 0.1) is 0 Å². The van der Waals surface area contributed by atoms with Gasteiger partial charge in [-0.3, -0.25) is 14.4 Å². The molecule has 3 aromatic rings. The summed E-state index contributed by atoms with van der Waals surface area (Å²) in [6.45, 7) is 3.49. The van der Waals surface area contributed by atoms with Crippen molar-refractivity contribution in [3.05, 3.63) is 78.0 Å². The maximum absolute atomic E-state index is 13.4. The number of carbonyl (C=O) groups is 4. The van der Waals surface area contributed by atoms with Gasteiger partial charge in [0.1, 0.15) is 24.4 Å². The Morgan fingerprint density at radius 2 is 1.50 bits per heavy atom. The van der Waals surface area contributed by atoms with Crippen molar-refractivity contribution in [3.63, 3.8) is 0 Å². The first-order valence-electron chi connectivity index (χ1n) is 17.3. The summed E-state index contributed by atoms with van der Waals surface area (Å²) in [4.78, 5) is 55.4. The van der Waals surface area contributed by atoms with Crippen LogP contribution in [0.25, 0.3) is 10.9 Å². The number of ether oxygens (including phenoxy) is 3. The van der Waals surface area contributed by atoms with E-state index in [1.807, 2.05) is 48.5 Å². The van der Waals surface area contributed by atoms with E-state index in [2.05, 4.69) is 17.2 Å². The second-order valence-corrected chi connectivity index (χ2v) is 12.1. The molecule has 0 spiro atoms. The molecule has 1 aromatic heterocycles. The number of hydrogen-bond acceptors (Lipinski definition) is 8. The molecule has 48 heavy (non-hydrogen) atoms. The molecule has 0 saturated heterocycles. The smallest absolute Gasteiger partial charge is 0.328 e. The molecular weight excluding hydrogens is 610 g/mol. The number of fused-ring (bicyclic) bond motifs is 1. The molecule has 0 saturated carbocycles. The first-order chi connectivity index (χ1) is 23.4. The third-order valence-corrected chi connectivity index (χ3v) is 7.96. The normalized spacial score (nSPS) is 12.3. The van der Waals surface area contributed by atoms with Crippen molar-refractivity contribution in [1.29, 1.82) is 0 Å². The number of para-hydroxylation sites is 1. The number of benzene rings is 2. The highest BCUT2D eigenvalue weighted by atomic mass is 16.5. The Balaban J connectivity index is 1.54. The van der Waals surface area contributed by atoms with E-state index in [0.717, 1.165) is 23.8 Å². The average molecular weight is 662 g/mol. The summed E-state index contributed by atoms with van der Waals surface area (Å²) in [6, 6.07) is 19.0. The number of carbonyl (C=O) groups excluding carboxylic acids is 4. The van der Waals surface area contributed by atoms with Gasteiger partial charge in [-0.15, -0.1) is 0 Å².